The van der Waals surface area contributed by atoms with Crippen molar-refractivity contribution in [1.82, 2.24) is 0 Å². The van der Waals surface area contributed by atoms with Crippen LogP contribution in [0.5, 0.6) is 0 Å². The first-order chi connectivity index (χ1) is 11.0. The lowest BCUT2D eigenvalue weighted by atomic mass is 10.2. The normalized spacial score (nSPS) is 10.2. The van der Waals surface area contributed by atoms with Gasteiger partial charge in [-0.1, -0.05) is 35.3 Å². The number of halogens is 2. The van der Waals surface area contributed by atoms with Crippen LogP contribution >= 0.6 is 35.0 Å². The molecule has 2 aromatic rings. The minimum atomic E-state index is -0.228. The first-order valence-electron chi connectivity index (χ1n) is 6.70. The van der Waals surface area contributed by atoms with Crippen molar-refractivity contribution in [3.63, 3.8) is 0 Å². The number of benzene rings is 2. The van der Waals surface area contributed by atoms with E-state index in [1.54, 1.807) is 24.3 Å². The van der Waals surface area contributed by atoms with E-state index in [1.165, 1.54) is 18.7 Å². The van der Waals surface area contributed by atoms with Crippen molar-refractivity contribution in [3.8, 4) is 0 Å². The Balaban J connectivity index is 2.03. The van der Waals surface area contributed by atoms with E-state index in [1.807, 2.05) is 18.2 Å². The molecule has 0 radical (unpaired) electrons. The lowest BCUT2D eigenvalue weighted by Gasteiger charge is -2.12. The van der Waals surface area contributed by atoms with Crippen LogP contribution in [-0.2, 0) is 9.59 Å². The van der Waals surface area contributed by atoms with E-state index in [2.05, 4.69) is 10.6 Å². The van der Waals surface area contributed by atoms with E-state index in [0.29, 0.717) is 21.4 Å². The zero-order valence-electron chi connectivity index (χ0n) is 12.2. The Morgan fingerprint density at radius 3 is 2.48 bits per heavy atom. The van der Waals surface area contributed by atoms with E-state index in [-0.39, 0.29) is 17.6 Å². The average Bonchev–Trinajstić information content (AvgIpc) is 2.49. The second-order valence-corrected chi connectivity index (χ2v) is 6.50. The van der Waals surface area contributed by atoms with Crippen molar-refractivity contribution in [2.75, 3.05) is 16.4 Å². The molecule has 0 aliphatic rings. The summed E-state index contributed by atoms with van der Waals surface area (Å²) in [6, 6.07) is 12.2. The smallest absolute Gasteiger partial charge is 0.234 e. The maximum absolute atomic E-state index is 12.1. The molecule has 120 valence electrons. The molecule has 0 aliphatic carbocycles. The van der Waals surface area contributed by atoms with E-state index < -0.39 is 0 Å². The summed E-state index contributed by atoms with van der Waals surface area (Å²) < 4.78 is 0. The van der Waals surface area contributed by atoms with Gasteiger partial charge in [-0.2, -0.15) is 0 Å². The molecule has 0 fully saturated rings. The largest absolute Gasteiger partial charge is 0.325 e. The zero-order chi connectivity index (χ0) is 16.8. The summed E-state index contributed by atoms with van der Waals surface area (Å²) >= 11 is 13.3. The Morgan fingerprint density at radius 1 is 1.04 bits per heavy atom. The Labute approximate surface area is 148 Å². The standard InChI is InChI=1S/C16H14Cl2N2O2S/c1-10(21)19-13-7-6-11(17)8-14(13)20-16(22)9-23-15-5-3-2-4-12(15)18/h2-8H,9H2,1H3,(H,19,21)(H,20,22). The third-order valence-corrected chi connectivity index (χ3v) is 4.51. The molecule has 7 heteroatoms. The number of carbonyl (C=O) groups excluding carboxylic acids is 2. The Morgan fingerprint density at radius 2 is 1.78 bits per heavy atom. The summed E-state index contributed by atoms with van der Waals surface area (Å²) in [5, 5.41) is 6.46. The fourth-order valence-electron chi connectivity index (χ4n) is 1.81. The topological polar surface area (TPSA) is 58.2 Å². The van der Waals surface area contributed by atoms with Crippen LogP contribution in [-0.4, -0.2) is 17.6 Å². The second kappa shape index (κ2) is 8.24. The number of amides is 2. The monoisotopic (exact) mass is 368 g/mol. The first kappa shape index (κ1) is 17.7. The van der Waals surface area contributed by atoms with Crippen molar-refractivity contribution >= 4 is 58.2 Å². The predicted octanol–water partition coefficient (Wildman–Crippen LogP) is 4.68. The molecule has 0 unspecified atom stereocenters. The number of anilines is 2. The molecule has 2 N–H and O–H groups in total. The molecule has 2 amide bonds. The third kappa shape index (κ3) is 5.46. The van der Waals surface area contributed by atoms with Gasteiger partial charge in [0.05, 0.1) is 22.2 Å². The summed E-state index contributed by atoms with van der Waals surface area (Å²) in [7, 11) is 0. The maximum Gasteiger partial charge on any atom is 0.234 e. The molecule has 2 aromatic carbocycles. The molecule has 0 aliphatic heterocycles. The highest BCUT2D eigenvalue weighted by Crippen LogP contribution is 2.28. The zero-order valence-corrected chi connectivity index (χ0v) is 14.6. The molecular weight excluding hydrogens is 355 g/mol. The van der Waals surface area contributed by atoms with Gasteiger partial charge in [0, 0.05) is 16.8 Å². The molecule has 2 rings (SSSR count). The minimum absolute atomic E-state index is 0.190. The number of nitrogens with one attached hydrogen (secondary N) is 2. The number of carbonyl (C=O) groups is 2. The number of thioether (sulfide) groups is 1. The van der Waals surface area contributed by atoms with Gasteiger partial charge in [-0.25, -0.2) is 0 Å². The highest BCUT2D eigenvalue weighted by molar-refractivity contribution is 8.00. The van der Waals surface area contributed by atoms with Gasteiger partial charge in [-0.3, -0.25) is 9.59 Å². The minimum Gasteiger partial charge on any atom is -0.325 e. The van der Waals surface area contributed by atoms with E-state index in [0.717, 1.165) is 4.90 Å². The molecule has 0 atom stereocenters. The van der Waals surface area contributed by atoms with Gasteiger partial charge in [-0.05, 0) is 30.3 Å². The number of rotatable bonds is 5. The van der Waals surface area contributed by atoms with Crippen molar-refractivity contribution in [2.45, 2.75) is 11.8 Å². The van der Waals surface area contributed by atoms with Crippen LogP contribution in [0.1, 0.15) is 6.92 Å². The van der Waals surface area contributed by atoms with Crippen LogP contribution < -0.4 is 10.6 Å². The van der Waals surface area contributed by atoms with Crippen LogP contribution in [0.4, 0.5) is 11.4 Å². The van der Waals surface area contributed by atoms with E-state index in [9.17, 15) is 9.59 Å². The van der Waals surface area contributed by atoms with Crippen molar-refractivity contribution < 1.29 is 9.59 Å². The fourth-order valence-corrected chi connectivity index (χ4v) is 3.02. The van der Waals surface area contributed by atoms with E-state index >= 15 is 0 Å². The third-order valence-electron chi connectivity index (χ3n) is 2.76. The van der Waals surface area contributed by atoms with Crippen LogP contribution in [0.25, 0.3) is 0 Å². The van der Waals surface area contributed by atoms with Crippen molar-refractivity contribution in [2.24, 2.45) is 0 Å². The highest BCUT2D eigenvalue weighted by atomic mass is 35.5. The summed E-state index contributed by atoms with van der Waals surface area (Å²) in [6.45, 7) is 1.40. The van der Waals surface area contributed by atoms with Crippen molar-refractivity contribution in [1.29, 1.82) is 0 Å². The number of hydrogen-bond donors (Lipinski definition) is 2. The fraction of sp³-hybridized carbons (Fsp3) is 0.125. The van der Waals surface area contributed by atoms with Gasteiger partial charge in [0.2, 0.25) is 11.8 Å². The SMILES string of the molecule is CC(=O)Nc1ccc(Cl)cc1NC(=O)CSc1ccccc1Cl. The lowest BCUT2D eigenvalue weighted by molar-refractivity contribution is -0.115. The average molecular weight is 369 g/mol. The molecule has 23 heavy (non-hydrogen) atoms. The summed E-state index contributed by atoms with van der Waals surface area (Å²) in [6.07, 6.45) is 0. The molecule has 0 saturated heterocycles. The maximum atomic E-state index is 12.1. The van der Waals surface area contributed by atoms with Gasteiger partial charge in [-0.15, -0.1) is 11.8 Å². The van der Waals surface area contributed by atoms with Crippen molar-refractivity contribution in [3.05, 3.63) is 52.5 Å². The molecule has 0 aromatic heterocycles. The van der Waals surface area contributed by atoms with Crippen LogP contribution in [0.3, 0.4) is 0 Å². The van der Waals surface area contributed by atoms with Crippen LogP contribution in [0, 0.1) is 0 Å². The molecular formula is C16H14Cl2N2O2S. The van der Waals surface area contributed by atoms with Crippen LogP contribution in [0.2, 0.25) is 10.0 Å². The summed E-state index contributed by atoms with van der Waals surface area (Å²) in [4.78, 5) is 24.2. The summed E-state index contributed by atoms with van der Waals surface area (Å²) in [5.41, 5.74) is 0.954. The molecule has 0 spiro atoms. The highest BCUT2D eigenvalue weighted by Gasteiger charge is 2.10. The second-order valence-electron chi connectivity index (χ2n) is 4.64. The molecule has 4 nitrogen and oxygen atoms in total. The van der Waals surface area contributed by atoms with Gasteiger partial charge < -0.3 is 10.6 Å². The molecule has 0 heterocycles. The molecule has 0 bridgehead atoms. The van der Waals surface area contributed by atoms with Crippen LogP contribution in [0.15, 0.2) is 47.4 Å². The lowest BCUT2D eigenvalue weighted by Crippen LogP contribution is -2.16. The Kier molecular flexibility index (Phi) is 6.33. The Bertz CT molecular complexity index is 738. The predicted molar refractivity (Wildman–Crippen MR) is 96.6 cm³/mol. The first-order valence-corrected chi connectivity index (χ1v) is 8.44. The molecule has 0 saturated carbocycles. The van der Waals surface area contributed by atoms with Gasteiger partial charge >= 0.3 is 0 Å². The van der Waals surface area contributed by atoms with Gasteiger partial charge in [0.1, 0.15) is 0 Å². The summed E-state index contributed by atoms with van der Waals surface area (Å²) in [5.74, 6) is -0.257. The Hall–Kier alpha value is -1.69. The number of hydrogen-bond acceptors (Lipinski definition) is 3. The van der Waals surface area contributed by atoms with Gasteiger partial charge in [0.15, 0.2) is 0 Å². The van der Waals surface area contributed by atoms with E-state index in [4.69, 9.17) is 23.2 Å². The quantitative estimate of drug-likeness (QED) is 0.753. The van der Waals surface area contributed by atoms with Gasteiger partial charge in [0.25, 0.3) is 0 Å².